The van der Waals surface area contributed by atoms with Gasteiger partial charge in [-0.1, -0.05) is 6.92 Å². The number of piperidine rings is 1. The van der Waals surface area contributed by atoms with E-state index in [0.29, 0.717) is 13.2 Å². The van der Waals surface area contributed by atoms with Crippen molar-refractivity contribution >= 4 is 5.91 Å². The van der Waals surface area contributed by atoms with Gasteiger partial charge >= 0.3 is 0 Å². The minimum absolute atomic E-state index is 0.00649. The van der Waals surface area contributed by atoms with Crippen LogP contribution < -0.4 is 5.32 Å². The smallest absolute Gasteiger partial charge is 0.239 e. The van der Waals surface area contributed by atoms with Crippen LogP contribution in [0.15, 0.2) is 0 Å². The second-order valence-electron chi connectivity index (χ2n) is 5.89. The standard InChI is InChI=1S/C15H29N3O2/c1-3-17(12-14-4-6-16-7-5-14)13(2)15(19)18-8-10-20-11-9-18/h13-14,16H,3-12H2,1-2H3. The maximum absolute atomic E-state index is 12.6. The van der Waals surface area contributed by atoms with Gasteiger partial charge in [-0.3, -0.25) is 9.69 Å². The second-order valence-corrected chi connectivity index (χ2v) is 5.89. The Balaban J connectivity index is 1.86. The number of rotatable bonds is 5. The number of hydrogen-bond acceptors (Lipinski definition) is 4. The molecule has 0 spiro atoms. The highest BCUT2D eigenvalue weighted by molar-refractivity contribution is 5.81. The highest BCUT2D eigenvalue weighted by atomic mass is 16.5. The fraction of sp³-hybridized carbons (Fsp3) is 0.933. The van der Waals surface area contributed by atoms with E-state index in [9.17, 15) is 4.79 Å². The Bertz CT molecular complexity index is 299. The molecule has 2 rings (SSSR count). The van der Waals surface area contributed by atoms with E-state index in [-0.39, 0.29) is 11.9 Å². The molecule has 2 fully saturated rings. The Morgan fingerprint density at radius 3 is 2.60 bits per heavy atom. The van der Waals surface area contributed by atoms with Crippen LogP contribution in [0.3, 0.4) is 0 Å². The van der Waals surface area contributed by atoms with Crippen molar-refractivity contribution in [1.82, 2.24) is 15.1 Å². The Labute approximate surface area is 122 Å². The summed E-state index contributed by atoms with van der Waals surface area (Å²) in [5.41, 5.74) is 0. The van der Waals surface area contributed by atoms with Gasteiger partial charge in [-0.25, -0.2) is 0 Å². The van der Waals surface area contributed by atoms with Crippen molar-refractivity contribution in [2.45, 2.75) is 32.7 Å². The van der Waals surface area contributed by atoms with Crippen LogP contribution >= 0.6 is 0 Å². The zero-order chi connectivity index (χ0) is 14.4. The topological polar surface area (TPSA) is 44.8 Å². The molecule has 1 atom stereocenters. The summed E-state index contributed by atoms with van der Waals surface area (Å²) in [6.45, 7) is 11.3. The number of likely N-dealkylation sites (N-methyl/N-ethyl adjacent to an activating group) is 1. The van der Waals surface area contributed by atoms with Gasteiger partial charge in [0.15, 0.2) is 0 Å². The van der Waals surface area contributed by atoms with Gasteiger partial charge in [-0.15, -0.1) is 0 Å². The van der Waals surface area contributed by atoms with Gasteiger partial charge in [0.1, 0.15) is 0 Å². The third-order valence-corrected chi connectivity index (χ3v) is 4.59. The summed E-state index contributed by atoms with van der Waals surface area (Å²) in [5.74, 6) is 1.00. The van der Waals surface area contributed by atoms with Crippen molar-refractivity contribution in [3.05, 3.63) is 0 Å². The average molecular weight is 283 g/mol. The molecule has 20 heavy (non-hydrogen) atoms. The predicted molar refractivity (Wildman–Crippen MR) is 79.7 cm³/mol. The average Bonchev–Trinajstić information content (AvgIpc) is 2.53. The van der Waals surface area contributed by atoms with Crippen LogP contribution in [-0.2, 0) is 9.53 Å². The molecule has 5 heteroatoms. The summed E-state index contributed by atoms with van der Waals surface area (Å²) in [5, 5.41) is 3.40. The first kappa shape index (κ1) is 15.7. The summed E-state index contributed by atoms with van der Waals surface area (Å²) in [7, 11) is 0. The van der Waals surface area contributed by atoms with Gasteiger partial charge in [0.25, 0.3) is 0 Å². The maximum Gasteiger partial charge on any atom is 0.239 e. The number of amides is 1. The molecule has 5 nitrogen and oxygen atoms in total. The van der Waals surface area contributed by atoms with Gasteiger partial charge in [0.05, 0.1) is 19.3 Å². The summed E-state index contributed by atoms with van der Waals surface area (Å²) < 4.78 is 5.32. The van der Waals surface area contributed by atoms with Gasteiger partial charge in [0, 0.05) is 19.6 Å². The van der Waals surface area contributed by atoms with Crippen molar-refractivity contribution in [3.63, 3.8) is 0 Å². The monoisotopic (exact) mass is 283 g/mol. The van der Waals surface area contributed by atoms with Crippen molar-refractivity contribution in [2.24, 2.45) is 5.92 Å². The van der Waals surface area contributed by atoms with Crippen LogP contribution in [0.2, 0.25) is 0 Å². The Morgan fingerprint density at radius 2 is 2.00 bits per heavy atom. The fourth-order valence-electron chi connectivity index (χ4n) is 3.16. The molecule has 2 heterocycles. The second kappa shape index (κ2) is 7.96. The Kier molecular flexibility index (Phi) is 6.26. The van der Waals surface area contributed by atoms with E-state index in [1.807, 2.05) is 4.90 Å². The maximum atomic E-state index is 12.6. The minimum atomic E-state index is -0.00649. The minimum Gasteiger partial charge on any atom is -0.378 e. The van der Waals surface area contributed by atoms with Crippen LogP contribution in [0.1, 0.15) is 26.7 Å². The van der Waals surface area contributed by atoms with Crippen molar-refractivity contribution in [2.75, 3.05) is 52.5 Å². The largest absolute Gasteiger partial charge is 0.378 e. The van der Waals surface area contributed by atoms with Crippen LogP contribution in [0.25, 0.3) is 0 Å². The normalized spacial score (nSPS) is 23.1. The molecule has 0 aromatic carbocycles. The molecule has 0 aliphatic carbocycles. The number of morpholine rings is 1. The molecule has 116 valence electrons. The van der Waals surface area contributed by atoms with E-state index in [1.165, 1.54) is 12.8 Å². The number of carbonyl (C=O) groups excluding carboxylic acids is 1. The van der Waals surface area contributed by atoms with Gasteiger partial charge in [-0.05, 0) is 45.3 Å². The molecule has 0 bridgehead atoms. The quantitative estimate of drug-likeness (QED) is 0.800. The van der Waals surface area contributed by atoms with Crippen molar-refractivity contribution in [3.8, 4) is 0 Å². The molecule has 2 aliphatic rings. The molecule has 1 N–H and O–H groups in total. The number of carbonyl (C=O) groups is 1. The molecule has 1 unspecified atom stereocenters. The lowest BCUT2D eigenvalue weighted by Gasteiger charge is -2.36. The first-order valence-electron chi connectivity index (χ1n) is 8.03. The molecular formula is C15H29N3O2. The van der Waals surface area contributed by atoms with E-state index in [4.69, 9.17) is 4.74 Å². The Morgan fingerprint density at radius 1 is 1.35 bits per heavy atom. The fourth-order valence-corrected chi connectivity index (χ4v) is 3.16. The summed E-state index contributed by atoms with van der Waals surface area (Å²) in [6, 6.07) is -0.00649. The summed E-state index contributed by atoms with van der Waals surface area (Å²) in [4.78, 5) is 16.9. The number of nitrogens with zero attached hydrogens (tertiary/aromatic N) is 2. The zero-order valence-electron chi connectivity index (χ0n) is 12.9. The molecular weight excluding hydrogens is 254 g/mol. The number of ether oxygens (including phenoxy) is 1. The van der Waals surface area contributed by atoms with Crippen LogP contribution in [0, 0.1) is 5.92 Å². The molecule has 0 aromatic rings. The lowest BCUT2D eigenvalue weighted by molar-refractivity contribution is -0.140. The Hall–Kier alpha value is -0.650. The summed E-state index contributed by atoms with van der Waals surface area (Å²) >= 11 is 0. The van der Waals surface area contributed by atoms with E-state index in [1.54, 1.807) is 0 Å². The third-order valence-electron chi connectivity index (χ3n) is 4.59. The van der Waals surface area contributed by atoms with Gasteiger partial charge < -0.3 is 15.0 Å². The molecule has 0 saturated carbocycles. The van der Waals surface area contributed by atoms with Crippen molar-refractivity contribution < 1.29 is 9.53 Å². The van der Waals surface area contributed by atoms with Gasteiger partial charge in [0.2, 0.25) is 5.91 Å². The number of hydrogen-bond donors (Lipinski definition) is 1. The molecule has 2 saturated heterocycles. The molecule has 2 aliphatic heterocycles. The highest BCUT2D eigenvalue weighted by Crippen LogP contribution is 2.16. The van der Waals surface area contributed by atoms with E-state index in [0.717, 1.165) is 45.2 Å². The number of nitrogens with one attached hydrogen (secondary N) is 1. The van der Waals surface area contributed by atoms with Crippen molar-refractivity contribution in [1.29, 1.82) is 0 Å². The summed E-state index contributed by atoms with van der Waals surface area (Å²) in [6.07, 6.45) is 2.46. The first-order valence-corrected chi connectivity index (χ1v) is 8.03. The first-order chi connectivity index (χ1) is 9.72. The van der Waals surface area contributed by atoms with Crippen LogP contribution in [0.5, 0.6) is 0 Å². The van der Waals surface area contributed by atoms with Gasteiger partial charge in [-0.2, -0.15) is 0 Å². The van der Waals surface area contributed by atoms with E-state index >= 15 is 0 Å². The lowest BCUT2D eigenvalue weighted by Crippen LogP contribution is -2.52. The zero-order valence-corrected chi connectivity index (χ0v) is 12.9. The van der Waals surface area contributed by atoms with Crippen LogP contribution in [0.4, 0.5) is 0 Å². The molecule has 1 amide bonds. The predicted octanol–water partition coefficient (Wildman–Crippen LogP) is 0.555. The third kappa shape index (κ3) is 4.17. The molecule has 0 aromatic heterocycles. The lowest BCUT2D eigenvalue weighted by atomic mass is 9.97. The van der Waals surface area contributed by atoms with Crippen LogP contribution in [-0.4, -0.2) is 74.2 Å². The highest BCUT2D eigenvalue weighted by Gasteiger charge is 2.28. The molecule has 0 radical (unpaired) electrons. The van der Waals surface area contributed by atoms with E-state index in [2.05, 4.69) is 24.1 Å². The van der Waals surface area contributed by atoms with E-state index < -0.39 is 0 Å². The SMILES string of the molecule is CCN(CC1CCNCC1)C(C)C(=O)N1CCOCC1.